The van der Waals surface area contributed by atoms with Crippen molar-refractivity contribution in [2.75, 3.05) is 0 Å². The molecule has 0 aromatic carbocycles. The van der Waals surface area contributed by atoms with Crippen molar-refractivity contribution in [1.29, 1.82) is 0 Å². The van der Waals surface area contributed by atoms with Crippen LogP contribution in [0.25, 0.3) is 0 Å². The van der Waals surface area contributed by atoms with Crippen molar-refractivity contribution < 1.29 is 150 Å². The molecule has 12 nitrogen and oxygen atoms in total. The first-order valence-electron chi connectivity index (χ1n) is 1.90. The zero-order valence-corrected chi connectivity index (χ0v) is 15.8. The van der Waals surface area contributed by atoms with Crippen LogP contribution in [0, 0.1) is 43.1 Å². The van der Waals surface area contributed by atoms with Gasteiger partial charge >= 0.3 is 51.4 Å². The smallest absolute Gasteiger partial charge is 0.357 e. The van der Waals surface area contributed by atoms with Gasteiger partial charge < -0.3 is 41.9 Å². The van der Waals surface area contributed by atoms with E-state index in [2.05, 4.69) is 0 Å². The fraction of sp³-hybridized carbons (Fsp3) is 0. The fourth-order valence-corrected chi connectivity index (χ4v) is 0. The summed E-state index contributed by atoms with van der Waals surface area (Å²) >= 11 is 0. The van der Waals surface area contributed by atoms with E-state index in [-0.39, 0.29) is 61.3 Å². The third kappa shape index (κ3) is 783. The molecule has 0 rings (SSSR count). The van der Waals surface area contributed by atoms with Crippen LogP contribution in [-0.2, 0) is 0 Å². The summed E-state index contributed by atoms with van der Waals surface area (Å²) in [5.74, 6) is 0. The maximum absolute atomic E-state index is 8.52. The van der Waals surface area contributed by atoms with Gasteiger partial charge in [-0.05, 0) is 0 Å². The normalized spacial score (nSPS) is 8.00. The van der Waals surface area contributed by atoms with Crippen LogP contribution in [0.5, 0.6) is 0 Å². The van der Waals surface area contributed by atoms with Crippen molar-refractivity contribution >= 4 is 9.90 Å². The average Bonchev–Trinajstić information content (AvgIpc) is 1.76. The second-order valence-electron chi connectivity index (χ2n) is 0.792. The molecule has 0 aliphatic carbocycles. The number of hydrogen-bond donors (Lipinski definition) is 3. The minimum absolute atomic E-state index is 0. The Morgan fingerprint density at radius 1 is 0.500 bits per heavy atom. The summed E-state index contributed by atoms with van der Waals surface area (Å²) in [6.07, 6.45) is 0. The molecule has 0 amide bonds. The predicted molar refractivity (Wildman–Crippen MR) is 17.8 cm³/mol. The number of halogens is 4. The van der Waals surface area contributed by atoms with E-state index >= 15 is 0 Å². The Morgan fingerprint density at radius 2 is 0.500 bits per heavy atom. The molecular formula is H6Cl4KO12P. The zero-order valence-electron chi connectivity index (χ0n) is 8.23. The van der Waals surface area contributed by atoms with Crippen molar-refractivity contribution in [3.63, 3.8) is 0 Å². The van der Waals surface area contributed by atoms with E-state index in [1.807, 2.05) is 0 Å². The minimum Gasteiger partial charge on any atom is -0.357 e. The van der Waals surface area contributed by atoms with Gasteiger partial charge in [0.05, 0.1) is 10.8 Å². The molecule has 18 heteroatoms. The Kier molecular flexibility index (Phi) is 66.0. The molecule has 0 spiro atoms. The summed E-state index contributed by atoms with van der Waals surface area (Å²) < 4.78 is 97.1. The Balaban J connectivity index is -0.0000000257. The summed E-state index contributed by atoms with van der Waals surface area (Å²) in [6, 6.07) is 0. The molecule has 0 aromatic heterocycles. The van der Waals surface area contributed by atoms with Crippen molar-refractivity contribution in [2.45, 2.75) is 0 Å². The molecular weight excluding hydrogens is 404 g/mol. The van der Waals surface area contributed by atoms with E-state index in [0.717, 1.165) is 0 Å². The molecule has 112 valence electrons. The largest absolute Gasteiger partial charge is 1.00 e. The average molecular weight is 410 g/mol. The van der Waals surface area contributed by atoms with Crippen LogP contribution >= 0.6 is 9.90 Å². The van der Waals surface area contributed by atoms with Crippen LogP contribution in [-0.4, -0.2) is 14.0 Å². The molecule has 0 fully saturated rings. The molecule has 0 radical (unpaired) electrons. The Morgan fingerprint density at radius 3 is 0.500 bits per heavy atom. The van der Waals surface area contributed by atoms with Gasteiger partial charge in [0.15, 0.2) is 0 Å². The zero-order chi connectivity index (χ0) is 14.3. The molecule has 0 saturated carbocycles. The first-order valence-corrected chi connectivity index (χ1v) is 5.69. The van der Waals surface area contributed by atoms with Crippen molar-refractivity contribution in [2.24, 2.45) is 0 Å². The first kappa shape index (κ1) is 37.2. The van der Waals surface area contributed by atoms with E-state index in [1.54, 1.807) is 0 Å². The molecule has 18 heavy (non-hydrogen) atoms. The molecule has 1 unspecified atom stereocenters. The van der Waals surface area contributed by atoms with Gasteiger partial charge in [-0.1, -0.05) is 0 Å². The van der Waals surface area contributed by atoms with E-state index in [1.165, 1.54) is 0 Å². The van der Waals surface area contributed by atoms with Crippen LogP contribution in [0.3, 0.4) is 0 Å². The maximum atomic E-state index is 8.52. The fourth-order valence-electron chi connectivity index (χ4n) is 0. The number of hydrogen-bond acceptors (Lipinski definition) is 12. The van der Waals surface area contributed by atoms with E-state index in [0.29, 0.717) is 0 Å². The third-order valence-electron chi connectivity index (χ3n) is 0. The minimum atomic E-state index is -2.85. The van der Waals surface area contributed by atoms with E-state index in [4.69, 9.17) is 55.9 Å². The van der Waals surface area contributed by atoms with Crippen molar-refractivity contribution in [1.82, 2.24) is 0 Å². The molecule has 0 aromatic rings. The van der Waals surface area contributed by atoms with Gasteiger partial charge in [0, 0.05) is 14.0 Å². The standard InChI is InChI=1S/3ClHO3.ClO3.K.H3P/c4*2-1(3)4;;/h3*2H;;;1H3/q;;;-1;+1;. The first-order chi connectivity index (χ1) is 6.93. The van der Waals surface area contributed by atoms with Gasteiger partial charge in [-0.15, -0.1) is 0 Å². The quantitative estimate of drug-likeness (QED) is 0.248. The summed E-state index contributed by atoms with van der Waals surface area (Å²) in [7, 11) is -10.7. The van der Waals surface area contributed by atoms with Gasteiger partial charge in [0.2, 0.25) is 0 Å². The van der Waals surface area contributed by atoms with Crippen LogP contribution in [0.4, 0.5) is 0 Å². The van der Waals surface area contributed by atoms with Gasteiger partial charge in [0.1, 0.15) is 0 Å². The maximum Gasteiger partial charge on any atom is 1.00 e. The Bertz CT molecular complexity index is 67.1. The predicted octanol–water partition coefficient (Wildman–Crippen LogP) is -15.3. The molecule has 0 aliphatic heterocycles. The molecule has 0 aliphatic rings. The van der Waals surface area contributed by atoms with E-state index in [9.17, 15) is 0 Å². The van der Waals surface area contributed by atoms with E-state index < -0.39 is 43.1 Å². The second-order valence-corrected chi connectivity index (χ2v) is 2.38. The van der Waals surface area contributed by atoms with Crippen LogP contribution in [0.15, 0.2) is 0 Å². The van der Waals surface area contributed by atoms with Crippen LogP contribution in [0.2, 0.25) is 0 Å². The Hall–Kier alpha value is 2.75. The van der Waals surface area contributed by atoms with Crippen molar-refractivity contribution in [3.05, 3.63) is 0 Å². The van der Waals surface area contributed by atoms with Crippen LogP contribution in [0.1, 0.15) is 0 Å². The molecule has 1 atom stereocenters. The summed E-state index contributed by atoms with van der Waals surface area (Å²) in [5, 5.41) is 0. The molecule has 0 saturated heterocycles. The third-order valence-corrected chi connectivity index (χ3v) is 0. The SMILES string of the molecule is P.[K+].[O-][Cl+2]([O-])O.[O-][Cl+2]([O-])O.[O-][Cl+2]([O-])O.[O-][Cl+2]([O-])[O-]. The summed E-state index contributed by atoms with van der Waals surface area (Å²) in [6.45, 7) is 0. The summed E-state index contributed by atoms with van der Waals surface area (Å²) in [5.41, 5.74) is 0. The van der Waals surface area contributed by atoms with Gasteiger partial charge in [0.25, 0.3) is 32.4 Å². The van der Waals surface area contributed by atoms with Gasteiger partial charge in [-0.25, -0.2) is 0 Å². The monoisotopic (exact) mass is 408 g/mol. The van der Waals surface area contributed by atoms with Gasteiger partial charge in [-0.2, -0.15) is 9.90 Å². The van der Waals surface area contributed by atoms with Crippen molar-refractivity contribution in [3.8, 4) is 0 Å². The molecule has 0 heterocycles. The Labute approximate surface area is 158 Å². The topological polar surface area (TPSA) is 268 Å². The molecule has 3 N–H and O–H groups in total. The second kappa shape index (κ2) is 31.9. The van der Waals surface area contributed by atoms with Crippen LogP contribution < -0.4 is 93.3 Å². The summed E-state index contributed by atoms with van der Waals surface area (Å²) in [4.78, 5) is 0. The van der Waals surface area contributed by atoms with Gasteiger partial charge in [-0.3, -0.25) is 0 Å². The molecule has 0 bridgehead atoms. The number of rotatable bonds is 0.